The Morgan fingerprint density at radius 1 is 1.16 bits per heavy atom. The highest BCUT2D eigenvalue weighted by Crippen LogP contribution is 2.65. The van der Waals surface area contributed by atoms with Gasteiger partial charge in [0.15, 0.2) is 0 Å². The molecule has 5 heteroatoms. The molecule has 0 spiro atoms. The van der Waals surface area contributed by atoms with E-state index in [1.54, 1.807) is 6.08 Å². The summed E-state index contributed by atoms with van der Waals surface area (Å²) in [5, 5.41) is 3.91. The van der Waals surface area contributed by atoms with Gasteiger partial charge >= 0.3 is 0 Å². The van der Waals surface area contributed by atoms with Crippen LogP contribution in [0.15, 0.2) is 36.4 Å². The van der Waals surface area contributed by atoms with Crippen molar-refractivity contribution in [3.63, 3.8) is 0 Å². The maximum Gasteiger partial charge on any atom is 0.246 e. The molecule has 3 aliphatic carbocycles. The molecule has 4 nitrogen and oxygen atoms in total. The number of likely N-dealkylation sites (N-methyl/N-ethyl adjacent to an activating group) is 1. The Bertz CT molecular complexity index is 961. The summed E-state index contributed by atoms with van der Waals surface area (Å²) in [5.41, 5.74) is 1.17. The summed E-state index contributed by atoms with van der Waals surface area (Å²) >= 11 is 6.10. The Kier molecular flexibility index (Phi) is 5.43. The summed E-state index contributed by atoms with van der Waals surface area (Å²) < 4.78 is 0. The summed E-state index contributed by atoms with van der Waals surface area (Å²) in [6, 6.07) is 8.03. The standard InChI is InChI=1S/C27H35ClN2O2/c1-26-13-11-21-19(7-10-23-27(21,2)14-12-24(31)30(23)3)20(26)8-9-22(26)25(32)29-16-17-5-4-6-18(28)15-17/h4-6,12,14-15,19-23H,7-11,13,16H2,1-3H3,(H,29,32)/t19-,20-,21-,22+,23+,26-,27+/m0/s1. The molecule has 7 atom stereocenters. The van der Waals surface area contributed by atoms with Gasteiger partial charge in [-0.2, -0.15) is 0 Å². The van der Waals surface area contributed by atoms with Gasteiger partial charge in [-0.15, -0.1) is 0 Å². The minimum atomic E-state index is 0.0554. The van der Waals surface area contributed by atoms with Crippen LogP contribution in [0.5, 0.6) is 0 Å². The van der Waals surface area contributed by atoms with Gasteiger partial charge in [0.1, 0.15) is 0 Å². The van der Waals surface area contributed by atoms with Gasteiger partial charge in [-0.3, -0.25) is 9.59 Å². The monoisotopic (exact) mass is 454 g/mol. The van der Waals surface area contributed by atoms with Gasteiger partial charge in [0.2, 0.25) is 11.8 Å². The summed E-state index contributed by atoms with van der Waals surface area (Å²) in [6.07, 6.45) is 10.6. The molecule has 0 unspecified atom stereocenters. The van der Waals surface area contributed by atoms with Gasteiger partial charge in [0, 0.05) is 36.0 Å². The third-order valence-corrected chi connectivity index (χ3v) is 10.0. The van der Waals surface area contributed by atoms with Gasteiger partial charge in [-0.05, 0) is 85.5 Å². The van der Waals surface area contributed by atoms with E-state index in [0.717, 1.165) is 37.7 Å². The predicted octanol–water partition coefficient (Wildman–Crippen LogP) is 5.21. The maximum absolute atomic E-state index is 13.3. The van der Waals surface area contributed by atoms with Gasteiger partial charge < -0.3 is 10.2 Å². The van der Waals surface area contributed by atoms with Crippen molar-refractivity contribution in [3.8, 4) is 0 Å². The van der Waals surface area contributed by atoms with Crippen LogP contribution in [0, 0.1) is 34.5 Å². The third kappa shape index (κ3) is 3.32. The first kappa shape index (κ1) is 22.0. The second-order valence-corrected chi connectivity index (χ2v) is 11.6. The van der Waals surface area contributed by atoms with Crippen molar-refractivity contribution in [3.05, 3.63) is 47.0 Å². The topological polar surface area (TPSA) is 49.4 Å². The van der Waals surface area contributed by atoms with Crippen molar-refractivity contribution < 1.29 is 9.59 Å². The number of benzene rings is 1. The van der Waals surface area contributed by atoms with Crippen LogP contribution in [0.25, 0.3) is 0 Å². The average molecular weight is 455 g/mol. The Morgan fingerprint density at radius 3 is 2.75 bits per heavy atom. The number of nitrogens with one attached hydrogen (secondary N) is 1. The van der Waals surface area contributed by atoms with Crippen molar-refractivity contribution in [1.82, 2.24) is 10.2 Å². The number of halogens is 1. The lowest BCUT2D eigenvalue weighted by Gasteiger charge is -2.60. The molecule has 1 N–H and O–H groups in total. The molecular formula is C27H35ClN2O2. The second-order valence-electron chi connectivity index (χ2n) is 11.1. The lowest BCUT2D eigenvalue weighted by Crippen LogP contribution is -2.59. The molecule has 0 saturated heterocycles. The molecule has 172 valence electrons. The zero-order chi connectivity index (χ0) is 22.7. The molecule has 1 aromatic carbocycles. The molecule has 3 saturated carbocycles. The zero-order valence-electron chi connectivity index (χ0n) is 19.4. The smallest absolute Gasteiger partial charge is 0.246 e. The minimum absolute atomic E-state index is 0.0554. The Balaban J connectivity index is 1.32. The van der Waals surface area contributed by atoms with E-state index in [-0.39, 0.29) is 28.6 Å². The predicted molar refractivity (Wildman–Crippen MR) is 127 cm³/mol. The largest absolute Gasteiger partial charge is 0.352 e. The number of carbonyl (C=O) groups is 2. The number of amides is 2. The fraction of sp³-hybridized carbons (Fsp3) is 0.630. The van der Waals surface area contributed by atoms with Crippen molar-refractivity contribution >= 4 is 23.4 Å². The fourth-order valence-electron chi connectivity index (χ4n) is 8.13. The molecule has 1 aromatic rings. The van der Waals surface area contributed by atoms with Crippen LogP contribution in [0.1, 0.15) is 57.9 Å². The Morgan fingerprint density at radius 2 is 1.97 bits per heavy atom. The lowest BCUT2D eigenvalue weighted by atomic mass is 9.47. The maximum atomic E-state index is 13.3. The summed E-state index contributed by atoms with van der Waals surface area (Å²) in [7, 11) is 1.97. The van der Waals surface area contributed by atoms with E-state index in [9.17, 15) is 9.59 Å². The lowest BCUT2D eigenvalue weighted by molar-refractivity contribution is -0.142. The summed E-state index contributed by atoms with van der Waals surface area (Å²) in [5.74, 6) is 2.27. The minimum Gasteiger partial charge on any atom is -0.352 e. The normalized spacial score (nSPS) is 40.4. The number of hydrogen-bond donors (Lipinski definition) is 1. The van der Waals surface area contributed by atoms with Crippen molar-refractivity contribution in [2.45, 2.75) is 65.0 Å². The molecule has 32 heavy (non-hydrogen) atoms. The van der Waals surface area contributed by atoms with Gasteiger partial charge in [0.05, 0.1) is 0 Å². The molecule has 1 aliphatic heterocycles. The van der Waals surface area contributed by atoms with Gasteiger partial charge in [-0.1, -0.05) is 43.7 Å². The highest BCUT2D eigenvalue weighted by Gasteiger charge is 2.61. The van der Waals surface area contributed by atoms with Crippen LogP contribution < -0.4 is 5.32 Å². The summed E-state index contributed by atoms with van der Waals surface area (Å²) in [4.78, 5) is 27.5. The van der Waals surface area contributed by atoms with Crippen molar-refractivity contribution in [2.75, 3.05) is 7.05 Å². The molecule has 1 heterocycles. The number of hydrogen-bond acceptors (Lipinski definition) is 2. The molecule has 4 aliphatic rings. The SMILES string of the molecule is CN1C(=O)C=C[C@]2(C)[C@H]3CC[C@]4(C)[C@@H](C(=O)NCc5cccc(Cl)c5)CC[C@H]4[C@@H]3CC[C@@H]12. The number of fused-ring (bicyclic) bond motifs is 5. The van der Waals surface area contributed by atoms with E-state index in [4.69, 9.17) is 11.6 Å². The van der Waals surface area contributed by atoms with Gasteiger partial charge in [0.25, 0.3) is 0 Å². The molecular weight excluding hydrogens is 420 g/mol. The number of carbonyl (C=O) groups excluding carboxylic acids is 2. The number of nitrogens with zero attached hydrogens (tertiary/aromatic N) is 1. The van der Waals surface area contributed by atoms with Gasteiger partial charge in [-0.25, -0.2) is 0 Å². The van der Waals surface area contributed by atoms with E-state index < -0.39 is 0 Å². The molecule has 3 fully saturated rings. The van der Waals surface area contributed by atoms with E-state index in [1.807, 2.05) is 36.2 Å². The third-order valence-electron chi connectivity index (χ3n) is 9.80. The highest BCUT2D eigenvalue weighted by molar-refractivity contribution is 6.30. The average Bonchev–Trinajstić information content (AvgIpc) is 3.12. The zero-order valence-corrected chi connectivity index (χ0v) is 20.2. The summed E-state index contributed by atoms with van der Waals surface area (Å²) in [6.45, 7) is 5.29. The molecule has 0 bridgehead atoms. The van der Waals surface area contributed by atoms with Crippen molar-refractivity contribution in [2.24, 2.45) is 34.5 Å². The van der Waals surface area contributed by atoms with Crippen molar-refractivity contribution in [1.29, 1.82) is 0 Å². The van der Waals surface area contributed by atoms with Crippen LogP contribution in [0.4, 0.5) is 0 Å². The van der Waals surface area contributed by atoms with E-state index in [2.05, 4.69) is 25.2 Å². The fourth-order valence-corrected chi connectivity index (χ4v) is 8.34. The highest BCUT2D eigenvalue weighted by atomic mass is 35.5. The van der Waals surface area contributed by atoms with E-state index >= 15 is 0 Å². The molecule has 2 amide bonds. The Labute approximate surface area is 196 Å². The van der Waals surface area contributed by atoms with E-state index in [1.165, 1.54) is 6.42 Å². The van der Waals surface area contributed by atoms with Crippen LogP contribution in [-0.4, -0.2) is 29.8 Å². The van der Waals surface area contributed by atoms with Crippen LogP contribution in [0.3, 0.4) is 0 Å². The quantitative estimate of drug-likeness (QED) is 0.681. The number of rotatable bonds is 3. The first-order valence-corrected chi connectivity index (χ1v) is 12.6. The van der Waals surface area contributed by atoms with Crippen LogP contribution in [0.2, 0.25) is 5.02 Å². The first-order valence-electron chi connectivity index (χ1n) is 12.2. The molecule has 0 aromatic heterocycles. The van der Waals surface area contributed by atoms with Crippen LogP contribution in [-0.2, 0) is 16.1 Å². The molecule has 0 radical (unpaired) electrons. The Hall–Kier alpha value is -1.81. The van der Waals surface area contributed by atoms with Crippen LogP contribution >= 0.6 is 11.6 Å². The van der Waals surface area contributed by atoms with E-state index in [0.29, 0.717) is 35.4 Å². The first-order chi connectivity index (χ1) is 15.2. The second kappa shape index (κ2) is 7.90. The molecule has 5 rings (SSSR count).